The number of carbonyl (C=O) groups is 1. The topological polar surface area (TPSA) is 55.1 Å². The molecule has 0 saturated heterocycles. The maximum atomic E-state index is 11.8. The van der Waals surface area contributed by atoms with Gasteiger partial charge in [0.2, 0.25) is 5.91 Å². The Morgan fingerprint density at radius 1 is 1.10 bits per heavy atom. The van der Waals surface area contributed by atoms with Crippen molar-refractivity contribution in [3.8, 4) is 0 Å². The summed E-state index contributed by atoms with van der Waals surface area (Å²) in [6.45, 7) is 0. The zero-order chi connectivity index (χ0) is 14.5. The van der Waals surface area contributed by atoms with Crippen molar-refractivity contribution < 1.29 is 4.79 Å². The Labute approximate surface area is 134 Å². The molecule has 0 radical (unpaired) electrons. The molecule has 20 heavy (non-hydrogen) atoms. The highest BCUT2D eigenvalue weighted by atomic mass is 79.9. The van der Waals surface area contributed by atoms with E-state index in [-0.39, 0.29) is 5.91 Å². The van der Waals surface area contributed by atoms with Gasteiger partial charge >= 0.3 is 0 Å². The summed E-state index contributed by atoms with van der Waals surface area (Å²) in [5.74, 6) is -0.196. The Balaban J connectivity index is 2.03. The number of halogens is 2. The molecule has 5 heteroatoms. The number of nitrogens with two attached hydrogens (primary N) is 1. The van der Waals surface area contributed by atoms with E-state index in [1.54, 1.807) is 24.3 Å². The molecule has 0 aliphatic carbocycles. The van der Waals surface area contributed by atoms with Crippen LogP contribution in [0.1, 0.15) is 5.56 Å². The van der Waals surface area contributed by atoms with Crippen molar-refractivity contribution in [3.63, 3.8) is 0 Å². The molecule has 102 valence electrons. The molecule has 2 rings (SSSR count). The number of hydrogen-bond acceptors (Lipinski definition) is 2. The smallest absolute Gasteiger partial charge is 0.248 e. The van der Waals surface area contributed by atoms with E-state index in [1.165, 1.54) is 6.08 Å². The van der Waals surface area contributed by atoms with Gasteiger partial charge in [-0.25, -0.2) is 0 Å². The second-order valence-corrected chi connectivity index (χ2v) is 5.88. The third-order valence-electron chi connectivity index (χ3n) is 2.55. The SMILES string of the molecule is Nc1ccc(NC(=O)/C=C/c2ccc(Br)cc2)c(Br)c1. The van der Waals surface area contributed by atoms with Gasteiger partial charge in [0.05, 0.1) is 5.69 Å². The van der Waals surface area contributed by atoms with Crippen LogP contribution >= 0.6 is 31.9 Å². The van der Waals surface area contributed by atoms with Crippen LogP contribution in [-0.2, 0) is 4.79 Å². The predicted octanol–water partition coefficient (Wildman–Crippen LogP) is 4.45. The molecule has 0 fully saturated rings. The summed E-state index contributed by atoms with van der Waals surface area (Å²) < 4.78 is 1.76. The van der Waals surface area contributed by atoms with Crippen LogP contribution in [0.2, 0.25) is 0 Å². The lowest BCUT2D eigenvalue weighted by atomic mass is 10.2. The number of nitrogens with one attached hydrogen (secondary N) is 1. The van der Waals surface area contributed by atoms with E-state index in [4.69, 9.17) is 5.73 Å². The van der Waals surface area contributed by atoms with E-state index in [0.717, 1.165) is 14.5 Å². The van der Waals surface area contributed by atoms with Gasteiger partial charge in [-0.05, 0) is 57.9 Å². The second kappa shape index (κ2) is 6.72. The molecule has 0 unspecified atom stereocenters. The van der Waals surface area contributed by atoms with E-state index in [1.807, 2.05) is 24.3 Å². The average Bonchev–Trinajstić information content (AvgIpc) is 2.41. The molecule has 0 bridgehead atoms. The maximum absolute atomic E-state index is 11.8. The van der Waals surface area contributed by atoms with Crippen LogP contribution in [0.5, 0.6) is 0 Å². The molecule has 2 aromatic rings. The van der Waals surface area contributed by atoms with Crippen LogP contribution in [0.25, 0.3) is 6.08 Å². The van der Waals surface area contributed by atoms with Crippen molar-refractivity contribution in [2.24, 2.45) is 0 Å². The Kier molecular flexibility index (Phi) is 4.98. The third kappa shape index (κ3) is 4.21. The van der Waals surface area contributed by atoms with Crippen LogP contribution in [0.4, 0.5) is 11.4 Å². The summed E-state index contributed by atoms with van der Waals surface area (Å²) in [6, 6.07) is 12.9. The van der Waals surface area contributed by atoms with Crippen molar-refractivity contribution in [1.29, 1.82) is 0 Å². The van der Waals surface area contributed by atoms with Crippen LogP contribution in [0.15, 0.2) is 57.5 Å². The molecule has 0 atom stereocenters. The first kappa shape index (κ1) is 14.8. The summed E-state index contributed by atoms with van der Waals surface area (Å²) in [5.41, 5.74) is 7.93. The van der Waals surface area contributed by atoms with Gasteiger partial charge in [0.15, 0.2) is 0 Å². The number of amides is 1. The highest BCUT2D eigenvalue weighted by molar-refractivity contribution is 9.10. The van der Waals surface area contributed by atoms with Crippen molar-refractivity contribution >= 4 is 55.2 Å². The Hall–Kier alpha value is -1.59. The van der Waals surface area contributed by atoms with E-state index in [9.17, 15) is 4.79 Å². The molecule has 0 spiro atoms. The summed E-state index contributed by atoms with van der Waals surface area (Å²) in [6.07, 6.45) is 3.25. The lowest BCUT2D eigenvalue weighted by Gasteiger charge is -2.05. The van der Waals surface area contributed by atoms with Gasteiger partial charge in [-0.2, -0.15) is 0 Å². The number of nitrogen functional groups attached to an aromatic ring is 1. The molecule has 0 aromatic heterocycles. The number of rotatable bonds is 3. The first-order valence-corrected chi connectivity index (χ1v) is 7.43. The van der Waals surface area contributed by atoms with E-state index in [0.29, 0.717) is 11.4 Å². The molecular formula is C15H12Br2N2O. The van der Waals surface area contributed by atoms with E-state index < -0.39 is 0 Å². The zero-order valence-electron chi connectivity index (χ0n) is 10.4. The third-order valence-corrected chi connectivity index (χ3v) is 3.73. The molecule has 3 nitrogen and oxygen atoms in total. The van der Waals surface area contributed by atoms with Crippen LogP contribution in [0, 0.1) is 0 Å². The Morgan fingerprint density at radius 3 is 2.45 bits per heavy atom. The molecular weight excluding hydrogens is 384 g/mol. The zero-order valence-corrected chi connectivity index (χ0v) is 13.6. The fourth-order valence-electron chi connectivity index (χ4n) is 1.55. The van der Waals surface area contributed by atoms with Gasteiger partial charge in [-0.1, -0.05) is 28.1 Å². The van der Waals surface area contributed by atoms with Gasteiger partial charge in [0, 0.05) is 20.7 Å². The quantitative estimate of drug-likeness (QED) is 0.595. The van der Waals surface area contributed by atoms with Gasteiger partial charge in [-0.3, -0.25) is 4.79 Å². The summed E-state index contributed by atoms with van der Waals surface area (Å²) >= 11 is 6.72. The van der Waals surface area contributed by atoms with Crippen molar-refractivity contribution in [1.82, 2.24) is 0 Å². The first-order valence-electron chi connectivity index (χ1n) is 5.84. The van der Waals surface area contributed by atoms with Gasteiger partial charge in [0.25, 0.3) is 0 Å². The number of carbonyl (C=O) groups excluding carboxylic acids is 1. The summed E-state index contributed by atoms with van der Waals surface area (Å²) in [5, 5.41) is 2.78. The lowest BCUT2D eigenvalue weighted by molar-refractivity contribution is -0.111. The summed E-state index contributed by atoms with van der Waals surface area (Å²) in [7, 11) is 0. The van der Waals surface area contributed by atoms with Crippen LogP contribution in [-0.4, -0.2) is 5.91 Å². The highest BCUT2D eigenvalue weighted by Gasteiger charge is 2.02. The molecule has 0 heterocycles. The summed E-state index contributed by atoms with van der Waals surface area (Å²) in [4.78, 5) is 11.8. The first-order chi connectivity index (χ1) is 9.54. The van der Waals surface area contributed by atoms with Crippen LogP contribution < -0.4 is 11.1 Å². The number of hydrogen-bond donors (Lipinski definition) is 2. The minimum Gasteiger partial charge on any atom is -0.399 e. The average molecular weight is 396 g/mol. The molecule has 0 aliphatic heterocycles. The van der Waals surface area contributed by atoms with Gasteiger partial charge < -0.3 is 11.1 Å². The largest absolute Gasteiger partial charge is 0.399 e. The van der Waals surface area contributed by atoms with E-state index >= 15 is 0 Å². The van der Waals surface area contributed by atoms with Gasteiger partial charge in [-0.15, -0.1) is 0 Å². The van der Waals surface area contributed by atoms with Crippen LogP contribution in [0.3, 0.4) is 0 Å². The number of anilines is 2. The molecule has 1 amide bonds. The van der Waals surface area contributed by atoms with Crippen molar-refractivity contribution in [2.45, 2.75) is 0 Å². The minimum atomic E-state index is -0.196. The molecule has 0 saturated carbocycles. The lowest BCUT2D eigenvalue weighted by Crippen LogP contribution is -2.08. The monoisotopic (exact) mass is 394 g/mol. The van der Waals surface area contributed by atoms with Gasteiger partial charge in [0.1, 0.15) is 0 Å². The molecule has 0 aliphatic rings. The predicted molar refractivity (Wildman–Crippen MR) is 90.4 cm³/mol. The minimum absolute atomic E-state index is 0.196. The van der Waals surface area contributed by atoms with Crippen molar-refractivity contribution in [2.75, 3.05) is 11.1 Å². The molecule has 3 N–H and O–H groups in total. The Bertz CT molecular complexity index is 651. The molecule has 2 aromatic carbocycles. The number of benzene rings is 2. The second-order valence-electron chi connectivity index (χ2n) is 4.11. The van der Waals surface area contributed by atoms with Crippen molar-refractivity contribution in [3.05, 3.63) is 63.0 Å². The van der Waals surface area contributed by atoms with E-state index in [2.05, 4.69) is 37.2 Å². The fourth-order valence-corrected chi connectivity index (χ4v) is 2.31. The maximum Gasteiger partial charge on any atom is 0.248 e. The highest BCUT2D eigenvalue weighted by Crippen LogP contribution is 2.24. The Morgan fingerprint density at radius 2 is 1.80 bits per heavy atom. The normalized spacial score (nSPS) is 10.7. The standard InChI is InChI=1S/C15H12Br2N2O/c16-11-4-1-10(2-5-11)3-8-15(20)19-14-7-6-12(18)9-13(14)17/h1-9H,18H2,(H,19,20)/b8-3+. The fraction of sp³-hybridized carbons (Fsp3) is 0.